The first-order chi connectivity index (χ1) is 15.2. The van der Waals surface area contributed by atoms with Crippen molar-refractivity contribution in [3.05, 3.63) is 95.1 Å². The van der Waals surface area contributed by atoms with Gasteiger partial charge in [-0.1, -0.05) is 30.2 Å². The van der Waals surface area contributed by atoms with Crippen LogP contribution in [-0.2, 0) is 18.0 Å². The average molecular weight is 406 g/mol. The van der Waals surface area contributed by atoms with Crippen LogP contribution in [0, 0.1) is 12.3 Å². The highest BCUT2D eigenvalue weighted by atomic mass is 16.5. The summed E-state index contributed by atoms with van der Waals surface area (Å²) < 4.78 is 5.81. The topological polar surface area (TPSA) is 83.7 Å². The minimum absolute atomic E-state index is 0.0389. The Hall–Kier alpha value is -4.21. The molecule has 3 heterocycles. The van der Waals surface area contributed by atoms with Crippen molar-refractivity contribution < 1.29 is 9.53 Å². The SMILES string of the molecule is C#Cc1ccc(C(=O)c2ccc(COCc3nc4c(cnc5[nH]ccc54)[nH]3)cc2)cc1. The second-order valence-electron chi connectivity index (χ2n) is 7.18. The van der Waals surface area contributed by atoms with Crippen LogP contribution in [0.4, 0.5) is 0 Å². The number of carbonyl (C=O) groups is 1. The first kappa shape index (κ1) is 18.8. The molecule has 6 nitrogen and oxygen atoms in total. The number of carbonyl (C=O) groups excluding carboxylic acids is 1. The maximum Gasteiger partial charge on any atom is 0.193 e. The predicted octanol–water partition coefficient (Wildman–Crippen LogP) is 4.37. The van der Waals surface area contributed by atoms with E-state index in [2.05, 4.69) is 25.9 Å². The van der Waals surface area contributed by atoms with E-state index in [0.717, 1.165) is 39.0 Å². The zero-order chi connectivity index (χ0) is 21.2. The van der Waals surface area contributed by atoms with Crippen LogP contribution in [0.2, 0.25) is 0 Å². The average Bonchev–Trinajstić information content (AvgIpc) is 3.45. The molecule has 0 atom stereocenters. The molecule has 0 amide bonds. The summed E-state index contributed by atoms with van der Waals surface area (Å²) in [6.45, 7) is 0.767. The van der Waals surface area contributed by atoms with Crippen molar-refractivity contribution in [2.45, 2.75) is 13.2 Å². The van der Waals surface area contributed by atoms with Crippen molar-refractivity contribution in [3.8, 4) is 12.3 Å². The largest absolute Gasteiger partial charge is 0.369 e. The van der Waals surface area contributed by atoms with Crippen molar-refractivity contribution >= 4 is 27.9 Å². The van der Waals surface area contributed by atoms with E-state index in [1.165, 1.54) is 0 Å². The van der Waals surface area contributed by atoms with Crippen LogP contribution in [0.25, 0.3) is 22.1 Å². The molecule has 31 heavy (non-hydrogen) atoms. The monoisotopic (exact) mass is 406 g/mol. The zero-order valence-corrected chi connectivity index (χ0v) is 16.6. The molecule has 0 radical (unpaired) electrons. The molecule has 0 aliphatic rings. The Labute approximate surface area is 178 Å². The maximum atomic E-state index is 12.6. The first-order valence-electron chi connectivity index (χ1n) is 9.80. The molecular formula is C25H18N4O2. The molecule has 2 N–H and O–H groups in total. The second-order valence-corrected chi connectivity index (χ2v) is 7.18. The molecule has 5 rings (SSSR count). The Kier molecular flexibility index (Phi) is 4.79. The van der Waals surface area contributed by atoms with E-state index in [1.54, 1.807) is 30.5 Å². The summed E-state index contributed by atoms with van der Waals surface area (Å²) in [5.41, 5.74) is 5.53. The summed E-state index contributed by atoms with van der Waals surface area (Å²) in [4.78, 5) is 27.9. The van der Waals surface area contributed by atoms with Gasteiger partial charge in [0.1, 0.15) is 23.6 Å². The van der Waals surface area contributed by atoms with Gasteiger partial charge in [0.2, 0.25) is 0 Å². The molecule has 150 valence electrons. The number of nitrogens with zero attached hydrogens (tertiary/aromatic N) is 2. The van der Waals surface area contributed by atoms with E-state index in [1.807, 2.05) is 36.5 Å². The van der Waals surface area contributed by atoms with E-state index in [9.17, 15) is 4.79 Å². The Morgan fingerprint density at radius 3 is 2.48 bits per heavy atom. The number of imidazole rings is 1. The van der Waals surface area contributed by atoms with Gasteiger partial charge in [0.05, 0.1) is 18.3 Å². The van der Waals surface area contributed by atoms with Gasteiger partial charge in [0, 0.05) is 28.3 Å². The lowest BCUT2D eigenvalue weighted by molar-refractivity contribution is 0.102. The number of benzene rings is 2. The van der Waals surface area contributed by atoms with Crippen LogP contribution in [0.5, 0.6) is 0 Å². The van der Waals surface area contributed by atoms with Crippen LogP contribution in [0.15, 0.2) is 67.0 Å². The molecule has 0 spiro atoms. The number of aromatic nitrogens is 4. The standard InChI is InChI=1S/C25H18N4O2/c1-2-16-3-7-18(8-4-16)24(30)19-9-5-17(6-10-19)14-31-15-22-28-21-13-27-25-20(11-12-26-25)23(21)29-22/h1,3-13H,14-15H2,(H,26,27)(H,28,29). The molecule has 0 aliphatic heterocycles. The molecule has 0 fully saturated rings. The second kappa shape index (κ2) is 7.90. The Morgan fingerprint density at radius 2 is 1.74 bits per heavy atom. The van der Waals surface area contributed by atoms with Gasteiger partial charge < -0.3 is 14.7 Å². The van der Waals surface area contributed by atoms with Crippen molar-refractivity contribution in [2.24, 2.45) is 0 Å². The number of ketones is 1. The van der Waals surface area contributed by atoms with Gasteiger partial charge in [0.25, 0.3) is 0 Å². The molecule has 0 aliphatic carbocycles. The summed E-state index contributed by atoms with van der Waals surface area (Å²) in [5, 5.41) is 0.981. The summed E-state index contributed by atoms with van der Waals surface area (Å²) >= 11 is 0. The Balaban J connectivity index is 1.22. The minimum atomic E-state index is -0.0389. The molecular weight excluding hydrogens is 388 g/mol. The quantitative estimate of drug-likeness (QED) is 0.324. The van der Waals surface area contributed by atoms with Crippen molar-refractivity contribution in [2.75, 3.05) is 0 Å². The number of rotatable bonds is 6. The molecule has 6 heteroatoms. The number of terminal acetylenes is 1. The summed E-state index contributed by atoms with van der Waals surface area (Å²) in [6, 6.07) is 16.4. The highest BCUT2D eigenvalue weighted by molar-refractivity contribution is 6.09. The lowest BCUT2D eigenvalue weighted by Crippen LogP contribution is -2.02. The number of nitrogens with one attached hydrogen (secondary N) is 2. The number of fused-ring (bicyclic) bond motifs is 3. The number of aromatic amines is 2. The summed E-state index contributed by atoms with van der Waals surface area (Å²) in [7, 11) is 0. The van der Waals surface area contributed by atoms with E-state index < -0.39 is 0 Å². The normalized spacial score (nSPS) is 11.1. The Bertz CT molecular complexity index is 1420. The number of hydrogen-bond donors (Lipinski definition) is 2. The van der Waals surface area contributed by atoms with Gasteiger partial charge in [-0.15, -0.1) is 6.42 Å². The number of H-pyrrole nitrogens is 2. The fourth-order valence-corrected chi connectivity index (χ4v) is 3.49. The molecule has 0 saturated carbocycles. The van der Waals surface area contributed by atoms with Gasteiger partial charge in [-0.2, -0.15) is 0 Å². The molecule has 3 aromatic heterocycles. The van der Waals surface area contributed by atoms with E-state index in [-0.39, 0.29) is 5.78 Å². The van der Waals surface area contributed by atoms with Gasteiger partial charge >= 0.3 is 0 Å². The van der Waals surface area contributed by atoms with Crippen LogP contribution >= 0.6 is 0 Å². The van der Waals surface area contributed by atoms with Gasteiger partial charge in [-0.25, -0.2) is 9.97 Å². The van der Waals surface area contributed by atoms with Crippen LogP contribution in [0.1, 0.15) is 32.9 Å². The lowest BCUT2D eigenvalue weighted by atomic mass is 10.0. The van der Waals surface area contributed by atoms with E-state index >= 15 is 0 Å². The van der Waals surface area contributed by atoms with Crippen LogP contribution in [-0.4, -0.2) is 25.7 Å². The summed E-state index contributed by atoms with van der Waals surface area (Å²) in [5.74, 6) is 3.25. The van der Waals surface area contributed by atoms with Gasteiger partial charge in [0.15, 0.2) is 5.78 Å². The molecule has 0 unspecified atom stereocenters. The van der Waals surface area contributed by atoms with Crippen LogP contribution in [0.3, 0.4) is 0 Å². The third-order valence-corrected chi connectivity index (χ3v) is 5.12. The molecule has 0 bridgehead atoms. The van der Waals surface area contributed by atoms with Crippen molar-refractivity contribution in [1.82, 2.24) is 19.9 Å². The van der Waals surface area contributed by atoms with Gasteiger partial charge in [-0.05, 0) is 35.9 Å². The predicted molar refractivity (Wildman–Crippen MR) is 118 cm³/mol. The number of ether oxygens (including phenoxy) is 1. The van der Waals surface area contributed by atoms with Crippen molar-refractivity contribution in [1.29, 1.82) is 0 Å². The minimum Gasteiger partial charge on any atom is -0.369 e. The van der Waals surface area contributed by atoms with Crippen molar-refractivity contribution in [3.63, 3.8) is 0 Å². The summed E-state index contributed by atoms with van der Waals surface area (Å²) in [6.07, 6.45) is 8.98. The number of pyridine rings is 1. The smallest absolute Gasteiger partial charge is 0.193 e. The fourth-order valence-electron chi connectivity index (χ4n) is 3.49. The first-order valence-corrected chi connectivity index (χ1v) is 9.80. The fraction of sp³-hybridized carbons (Fsp3) is 0.0800. The third-order valence-electron chi connectivity index (χ3n) is 5.12. The van der Waals surface area contributed by atoms with Crippen LogP contribution < -0.4 is 0 Å². The number of hydrogen-bond acceptors (Lipinski definition) is 4. The highest BCUT2D eigenvalue weighted by Crippen LogP contribution is 2.21. The molecule has 5 aromatic rings. The molecule has 2 aromatic carbocycles. The Morgan fingerprint density at radius 1 is 1.00 bits per heavy atom. The zero-order valence-electron chi connectivity index (χ0n) is 16.6. The van der Waals surface area contributed by atoms with Gasteiger partial charge in [-0.3, -0.25) is 4.79 Å². The molecule has 0 saturated heterocycles. The van der Waals surface area contributed by atoms with E-state index in [0.29, 0.717) is 24.3 Å². The highest BCUT2D eigenvalue weighted by Gasteiger charge is 2.10. The maximum absolute atomic E-state index is 12.6. The van der Waals surface area contributed by atoms with E-state index in [4.69, 9.17) is 11.2 Å². The lowest BCUT2D eigenvalue weighted by Gasteiger charge is -2.05. The third kappa shape index (κ3) is 3.70.